The number of anilines is 1. The van der Waals surface area contributed by atoms with Crippen LogP contribution in [0.5, 0.6) is 0 Å². The van der Waals surface area contributed by atoms with Crippen LogP contribution in [-0.2, 0) is 12.8 Å². The Bertz CT molecular complexity index is 370. The summed E-state index contributed by atoms with van der Waals surface area (Å²) in [4.78, 5) is 7.20. The number of H-pyrrole nitrogens is 1. The van der Waals surface area contributed by atoms with E-state index in [0.717, 1.165) is 12.8 Å². The second kappa shape index (κ2) is 3.46. The van der Waals surface area contributed by atoms with E-state index in [2.05, 4.69) is 9.97 Å². The lowest BCUT2D eigenvalue weighted by Gasteiger charge is -2.06. The Kier molecular flexibility index (Phi) is 2.31. The minimum absolute atomic E-state index is 0.512. The molecule has 0 saturated carbocycles. The molecule has 0 aromatic carbocycles. The third-order valence-electron chi connectivity index (χ3n) is 2.51. The van der Waals surface area contributed by atoms with Crippen molar-refractivity contribution >= 4 is 18.0 Å². The number of aromatic amines is 1. The normalized spacial score (nSPS) is 16.3. The van der Waals surface area contributed by atoms with E-state index in [1.807, 2.05) is 0 Å². The van der Waals surface area contributed by atoms with Gasteiger partial charge in [-0.1, -0.05) is 6.42 Å². The van der Waals surface area contributed by atoms with Gasteiger partial charge in [0.15, 0.2) is 4.77 Å². The molecule has 70 valence electrons. The molecule has 1 heterocycles. The van der Waals surface area contributed by atoms with Gasteiger partial charge in [-0.25, -0.2) is 4.98 Å². The van der Waals surface area contributed by atoms with Crippen LogP contribution < -0.4 is 5.73 Å². The Morgan fingerprint density at radius 1 is 1.23 bits per heavy atom. The lowest BCUT2D eigenvalue weighted by Crippen LogP contribution is -2.04. The van der Waals surface area contributed by atoms with Gasteiger partial charge in [0.25, 0.3) is 0 Å². The standard InChI is InChI=1S/C9H13N3S/c10-8-6-4-2-1-3-5-7(6)11-9(13)12-8/h1-5H2,(H3,10,11,12,13). The molecule has 0 saturated heterocycles. The summed E-state index contributed by atoms with van der Waals surface area (Å²) in [6, 6.07) is 0. The highest BCUT2D eigenvalue weighted by Gasteiger charge is 2.11. The van der Waals surface area contributed by atoms with Crippen molar-refractivity contribution in [1.29, 1.82) is 0 Å². The summed E-state index contributed by atoms with van der Waals surface area (Å²) in [5.74, 6) is 0.626. The van der Waals surface area contributed by atoms with Crippen LogP contribution >= 0.6 is 12.2 Å². The average molecular weight is 195 g/mol. The number of aromatic nitrogens is 2. The smallest absolute Gasteiger partial charge is 0.198 e. The van der Waals surface area contributed by atoms with Crippen LogP contribution in [0.3, 0.4) is 0 Å². The highest BCUT2D eigenvalue weighted by atomic mass is 32.1. The van der Waals surface area contributed by atoms with Crippen LogP contribution in [0.4, 0.5) is 5.82 Å². The van der Waals surface area contributed by atoms with Crippen LogP contribution in [0.2, 0.25) is 0 Å². The van der Waals surface area contributed by atoms with Gasteiger partial charge in [-0.15, -0.1) is 0 Å². The second-order valence-electron chi connectivity index (χ2n) is 3.44. The molecule has 0 unspecified atom stereocenters. The van der Waals surface area contributed by atoms with Crippen molar-refractivity contribution < 1.29 is 0 Å². The maximum absolute atomic E-state index is 5.81. The second-order valence-corrected chi connectivity index (χ2v) is 3.83. The zero-order valence-corrected chi connectivity index (χ0v) is 8.28. The fourth-order valence-corrected chi connectivity index (χ4v) is 2.06. The molecule has 3 nitrogen and oxygen atoms in total. The number of rotatable bonds is 0. The predicted molar refractivity (Wildman–Crippen MR) is 55.1 cm³/mol. The summed E-state index contributed by atoms with van der Waals surface area (Å²) in [5, 5.41) is 0. The Balaban J connectivity index is 2.53. The van der Waals surface area contributed by atoms with Crippen molar-refractivity contribution in [3.8, 4) is 0 Å². The van der Waals surface area contributed by atoms with Crippen molar-refractivity contribution in [2.45, 2.75) is 32.1 Å². The van der Waals surface area contributed by atoms with E-state index in [1.54, 1.807) is 0 Å². The molecule has 1 aliphatic carbocycles. The van der Waals surface area contributed by atoms with Crippen molar-refractivity contribution in [2.24, 2.45) is 0 Å². The summed E-state index contributed by atoms with van der Waals surface area (Å²) >= 11 is 4.98. The first-order chi connectivity index (χ1) is 6.27. The van der Waals surface area contributed by atoms with Gasteiger partial charge in [-0.05, 0) is 37.9 Å². The van der Waals surface area contributed by atoms with Crippen LogP contribution in [0.1, 0.15) is 30.5 Å². The predicted octanol–water partition coefficient (Wildman–Crippen LogP) is 1.99. The molecule has 0 amide bonds. The Morgan fingerprint density at radius 2 is 2.00 bits per heavy atom. The van der Waals surface area contributed by atoms with Gasteiger partial charge in [-0.2, -0.15) is 0 Å². The Hall–Kier alpha value is -0.900. The van der Waals surface area contributed by atoms with Crippen molar-refractivity contribution in [3.63, 3.8) is 0 Å². The first-order valence-corrected chi connectivity index (χ1v) is 5.06. The SMILES string of the molecule is Nc1nc(=S)[nH]c2c1CCCCC2. The monoisotopic (exact) mass is 195 g/mol. The molecule has 1 aromatic rings. The molecule has 4 heteroatoms. The van der Waals surface area contributed by atoms with Crippen LogP contribution in [0.15, 0.2) is 0 Å². The van der Waals surface area contributed by atoms with Crippen molar-refractivity contribution in [3.05, 3.63) is 16.0 Å². The number of hydrogen-bond acceptors (Lipinski definition) is 3. The summed E-state index contributed by atoms with van der Waals surface area (Å²) in [5.41, 5.74) is 8.20. The van der Waals surface area contributed by atoms with Gasteiger partial charge >= 0.3 is 0 Å². The molecule has 1 aliphatic rings. The van der Waals surface area contributed by atoms with E-state index >= 15 is 0 Å². The summed E-state index contributed by atoms with van der Waals surface area (Å²) in [6.45, 7) is 0. The minimum Gasteiger partial charge on any atom is -0.383 e. The molecule has 1 aromatic heterocycles. The van der Waals surface area contributed by atoms with E-state index in [0.29, 0.717) is 10.6 Å². The molecule has 2 rings (SSSR count). The zero-order valence-electron chi connectivity index (χ0n) is 7.47. The third kappa shape index (κ3) is 1.72. The van der Waals surface area contributed by atoms with E-state index < -0.39 is 0 Å². The molecule has 13 heavy (non-hydrogen) atoms. The number of hydrogen-bond donors (Lipinski definition) is 2. The first-order valence-electron chi connectivity index (χ1n) is 4.65. The highest BCUT2D eigenvalue weighted by molar-refractivity contribution is 7.71. The van der Waals surface area contributed by atoms with Crippen molar-refractivity contribution in [1.82, 2.24) is 9.97 Å². The van der Waals surface area contributed by atoms with Gasteiger partial charge < -0.3 is 10.7 Å². The van der Waals surface area contributed by atoms with Gasteiger partial charge in [0.05, 0.1) is 0 Å². The van der Waals surface area contributed by atoms with E-state index in [1.165, 1.54) is 30.5 Å². The molecule has 0 fully saturated rings. The number of aryl methyl sites for hydroxylation is 1. The van der Waals surface area contributed by atoms with E-state index in [4.69, 9.17) is 18.0 Å². The number of nitrogens with one attached hydrogen (secondary N) is 1. The van der Waals surface area contributed by atoms with E-state index in [9.17, 15) is 0 Å². The molecule has 0 aliphatic heterocycles. The van der Waals surface area contributed by atoms with E-state index in [-0.39, 0.29) is 0 Å². The summed E-state index contributed by atoms with van der Waals surface area (Å²) in [6.07, 6.45) is 5.81. The fraction of sp³-hybridized carbons (Fsp3) is 0.556. The molecule has 3 N–H and O–H groups in total. The maximum atomic E-state index is 5.81. The molecular formula is C9H13N3S. The van der Waals surface area contributed by atoms with Crippen LogP contribution in [0, 0.1) is 4.77 Å². The van der Waals surface area contributed by atoms with Gasteiger partial charge in [-0.3, -0.25) is 0 Å². The van der Waals surface area contributed by atoms with Crippen LogP contribution in [0.25, 0.3) is 0 Å². The quantitative estimate of drug-likeness (QED) is 0.491. The number of fused-ring (bicyclic) bond motifs is 1. The Morgan fingerprint density at radius 3 is 2.85 bits per heavy atom. The fourth-order valence-electron chi connectivity index (χ4n) is 1.84. The molecule has 0 radical (unpaired) electrons. The molecule has 0 spiro atoms. The molecule has 0 bridgehead atoms. The van der Waals surface area contributed by atoms with Gasteiger partial charge in [0.2, 0.25) is 0 Å². The number of nitrogens with two attached hydrogens (primary N) is 1. The number of nitrogens with zero attached hydrogens (tertiary/aromatic N) is 1. The van der Waals surface area contributed by atoms with Crippen molar-refractivity contribution in [2.75, 3.05) is 5.73 Å². The first kappa shape index (κ1) is 8.69. The average Bonchev–Trinajstić information content (AvgIpc) is 2.28. The highest BCUT2D eigenvalue weighted by Crippen LogP contribution is 2.21. The lowest BCUT2D eigenvalue weighted by molar-refractivity contribution is 0.708. The largest absolute Gasteiger partial charge is 0.383 e. The Labute approximate surface area is 82.4 Å². The summed E-state index contributed by atoms with van der Waals surface area (Å²) in [7, 11) is 0. The zero-order chi connectivity index (χ0) is 9.26. The van der Waals surface area contributed by atoms with Gasteiger partial charge in [0, 0.05) is 11.3 Å². The summed E-state index contributed by atoms with van der Waals surface area (Å²) < 4.78 is 0.512. The lowest BCUT2D eigenvalue weighted by atomic mass is 10.1. The topological polar surface area (TPSA) is 54.7 Å². The third-order valence-corrected chi connectivity index (χ3v) is 2.70. The van der Waals surface area contributed by atoms with Crippen LogP contribution in [-0.4, -0.2) is 9.97 Å². The minimum atomic E-state index is 0.512. The molecular weight excluding hydrogens is 182 g/mol. The maximum Gasteiger partial charge on any atom is 0.198 e. The number of nitrogen functional groups attached to an aromatic ring is 1. The van der Waals surface area contributed by atoms with Gasteiger partial charge in [0.1, 0.15) is 5.82 Å². The molecule has 0 atom stereocenters.